The molecule has 1 saturated heterocycles. The van der Waals surface area contributed by atoms with Crippen LogP contribution in [-0.4, -0.2) is 31.3 Å². The van der Waals surface area contributed by atoms with Gasteiger partial charge in [0.2, 0.25) is 0 Å². The van der Waals surface area contributed by atoms with Crippen LogP contribution in [0.1, 0.15) is 35.7 Å². The average molecular weight is 337 g/mol. The van der Waals surface area contributed by atoms with Gasteiger partial charge in [-0.25, -0.2) is 0 Å². The summed E-state index contributed by atoms with van der Waals surface area (Å²) in [7, 11) is 0. The monoisotopic (exact) mass is 337 g/mol. The van der Waals surface area contributed by atoms with Crippen LogP contribution in [-0.2, 0) is 11.2 Å². The second-order valence-electron chi connectivity index (χ2n) is 6.83. The zero-order valence-corrected chi connectivity index (χ0v) is 14.5. The molecule has 2 aromatic rings. The van der Waals surface area contributed by atoms with E-state index in [9.17, 15) is 4.79 Å². The summed E-state index contributed by atoms with van der Waals surface area (Å²) >= 11 is 0. The number of hydrogen-bond acceptors (Lipinski definition) is 3. The van der Waals surface area contributed by atoms with E-state index in [4.69, 9.17) is 9.47 Å². The first kappa shape index (κ1) is 16.2. The molecule has 4 rings (SSSR count). The number of carbonyl (C=O) groups is 1. The Kier molecular flexibility index (Phi) is 4.45. The highest BCUT2D eigenvalue weighted by Gasteiger charge is 2.31. The Balaban J connectivity index is 1.51. The summed E-state index contributed by atoms with van der Waals surface area (Å²) in [5, 5.41) is 0. The van der Waals surface area contributed by atoms with E-state index in [-0.39, 0.29) is 18.1 Å². The van der Waals surface area contributed by atoms with Gasteiger partial charge in [-0.3, -0.25) is 4.79 Å². The van der Waals surface area contributed by atoms with E-state index in [1.807, 2.05) is 47.4 Å². The van der Waals surface area contributed by atoms with Crippen molar-refractivity contribution < 1.29 is 14.3 Å². The van der Waals surface area contributed by atoms with E-state index in [0.717, 1.165) is 37.3 Å². The Labute approximate surface area is 148 Å². The Morgan fingerprint density at radius 2 is 2.12 bits per heavy atom. The third kappa shape index (κ3) is 3.27. The minimum Gasteiger partial charge on any atom is -0.491 e. The SMILES string of the molecule is CC1Cc2ccccc2N1C(=O)c1cccc(OCC2CCCO2)c1. The number of para-hydroxylation sites is 1. The molecule has 2 aliphatic heterocycles. The van der Waals surface area contributed by atoms with Crippen molar-refractivity contribution in [2.24, 2.45) is 0 Å². The van der Waals surface area contributed by atoms with Gasteiger partial charge in [-0.2, -0.15) is 0 Å². The summed E-state index contributed by atoms with van der Waals surface area (Å²) < 4.78 is 11.4. The van der Waals surface area contributed by atoms with Gasteiger partial charge in [0.05, 0.1) is 6.10 Å². The summed E-state index contributed by atoms with van der Waals surface area (Å²) in [6, 6.07) is 15.8. The molecule has 0 radical (unpaired) electrons. The zero-order chi connectivity index (χ0) is 17.2. The molecule has 25 heavy (non-hydrogen) atoms. The van der Waals surface area contributed by atoms with Crippen LogP contribution in [0, 0.1) is 0 Å². The van der Waals surface area contributed by atoms with Gasteiger partial charge in [0, 0.05) is 23.9 Å². The van der Waals surface area contributed by atoms with Crippen molar-refractivity contribution in [1.29, 1.82) is 0 Å². The number of carbonyl (C=O) groups excluding carboxylic acids is 1. The number of amides is 1. The van der Waals surface area contributed by atoms with Crippen LogP contribution in [0.15, 0.2) is 48.5 Å². The molecule has 2 aliphatic rings. The van der Waals surface area contributed by atoms with Crippen LogP contribution in [0.2, 0.25) is 0 Å². The fourth-order valence-electron chi connectivity index (χ4n) is 3.70. The van der Waals surface area contributed by atoms with Crippen LogP contribution in [0.25, 0.3) is 0 Å². The second kappa shape index (κ2) is 6.89. The van der Waals surface area contributed by atoms with Gasteiger partial charge in [0.25, 0.3) is 5.91 Å². The number of fused-ring (bicyclic) bond motifs is 1. The number of hydrogen-bond donors (Lipinski definition) is 0. The normalized spacial score (nSPS) is 22.0. The molecule has 4 heteroatoms. The molecule has 0 aliphatic carbocycles. The molecule has 0 bridgehead atoms. The molecule has 130 valence electrons. The molecule has 1 amide bonds. The molecule has 0 spiro atoms. The maximum absolute atomic E-state index is 13.1. The van der Waals surface area contributed by atoms with E-state index in [0.29, 0.717) is 12.2 Å². The molecule has 2 aromatic carbocycles. The zero-order valence-electron chi connectivity index (χ0n) is 14.5. The lowest BCUT2D eigenvalue weighted by Gasteiger charge is -2.23. The quantitative estimate of drug-likeness (QED) is 0.851. The van der Waals surface area contributed by atoms with Crippen molar-refractivity contribution in [3.8, 4) is 5.75 Å². The van der Waals surface area contributed by atoms with Crippen LogP contribution in [0.4, 0.5) is 5.69 Å². The van der Waals surface area contributed by atoms with E-state index in [1.165, 1.54) is 5.56 Å². The maximum Gasteiger partial charge on any atom is 0.258 e. The van der Waals surface area contributed by atoms with Gasteiger partial charge in [0.15, 0.2) is 0 Å². The molecule has 4 nitrogen and oxygen atoms in total. The predicted molar refractivity (Wildman–Crippen MR) is 97.3 cm³/mol. The van der Waals surface area contributed by atoms with Gasteiger partial charge in [-0.1, -0.05) is 24.3 Å². The van der Waals surface area contributed by atoms with Crippen LogP contribution < -0.4 is 9.64 Å². The number of nitrogens with zero attached hydrogens (tertiary/aromatic N) is 1. The number of anilines is 1. The number of rotatable bonds is 4. The van der Waals surface area contributed by atoms with Gasteiger partial charge in [0.1, 0.15) is 12.4 Å². The molecular formula is C21H23NO3. The topological polar surface area (TPSA) is 38.8 Å². The first-order valence-corrected chi connectivity index (χ1v) is 8.98. The van der Waals surface area contributed by atoms with E-state index >= 15 is 0 Å². The molecule has 0 saturated carbocycles. The first-order chi connectivity index (χ1) is 12.2. The Bertz CT molecular complexity index is 767. The third-order valence-corrected chi connectivity index (χ3v) is 4.97. The predicted octanol–water partition coefficient (Wildman–Crippen LogP) is 3.84. The Morgan fingerprint density at radius 3 is 2.96 bits per heavy atom. The van der Waals surface area contributed by atoms with Gasteiger partial charge in [-0.05, 0) is 56.0 Å². The van der Waals surface area contributed by atoms with Gasteiger partial charge < -0.3 is 14.4 Å². The van der Waals surface area contributed by atoms with E-state index < -0.39 is 0 Å². The van der Waals surface area contributed by atoms with E-state index in [1.54, 1.807) is 0 Å². The molecule has 2 atom stereocenters. The molecular weight excluding hydrogens is 314 g/mol. The average Bonchev–Trinajstić information content (AvgIpc) is 3.26. The summed E-state index contributed by atoms with van der Waals surface area (Å²) in [5.41, 5.74) is 2.91. The minimum atomic E-state index is 0.0278. The third-order valence-electron chi connectivity index (χ3n) is 4.97. The van der Waals surface area contributed by atoms with Crippen molar-refractivity contribution in [3.63, 3.8) is 0 Å². The molecule has 2 unspecified atom stereocenters. The number of benzene rings is 2. The van der Waals surface area contributed by atoms with Crippen LogP contribution >= 0.6 is 0 Å². The summed E-state index contributed by atoms with van der Waals surface area (Å²) in [5.74, 6) is 0.751. The van der Waals surface area contributed by atoms with Crippen LogP contribution in [0.5, 0.6) is 5.75 Å². The summed E-state index contributed by atoms with van der Waals surface area (Å²) in [4.78, 5) is 15.0. The highest BCUT2D eigenvalue weighted by molar-refractivity contribution is 6.07. The highest BCUT2D eigenvalue weighted by Crippen LogP contribution is 2.33. The Hall–Kier alpha value is -2.33. The van der Waals surface area contributed by atoms with Crippen molar-refractivity contribution in [3.05, 3.63) is 59.7 Å². The number of ether oxygens (including phenoxy) is 2. The van der Waals surface area contributed by atoms with Crippen molar-refractivity contribution in [1.82, 2.24) is 0 Å². The minimum absolute atomic E-state index is 0.0278. The fraction of sp³-hybridized carbons (Fsp3) is 0.381. The molecule has 0 N–H and O–H groups in total. The van der Waals surface area contributed by atoms with Crippen LogP contribution in [0.3, 0.4) is 0 Å². The highest BCUT2D eigenvalue weighted by atomic mass is 16.5. The lowest BCUT2D eigenvalue weighted by atomic mass is 10.1. The lowest BCUT2D eigenvalue weighted by molar-refractivity contribution is 0.0679. The van der Waals surface area contributed by atoms with E-state index in [2.05, 4.69) is 13.0 Å². The van der Waals surface area contributed by atoms with Crippen molar-refractivity contribution >= 4 is 11.6 Å². The van der Waals surface area contributed by atoms with Gasteiger partial charge in [-0.15, -0.1) is 0 Å². The molecule has 0 aromatic heterocycles. The fourth-order valence-corrected chi connectivity index (χ4v) is 3.70. The second-order valence-corrected chi connectivity index (χ2v) is 6.83. The van der Waals surface area contributed by atoms with Crippen molar-refractivity contribution in [2.75, 3.05) is 18.1 Å². The Morgan fingerprint density at radius 1 is 1.24 bits per heavy atom. The molecule has 2 heterocycles. The van der Waals surface area contributed by atoms with Crippen molar-refractivity contribution in [2.45, 2.75) is 38.3 Å². The van der Waals surface area contributed by atoms with Gasteiger partial charge >= 0.3 is 0 Å². The summed E-state index contributed by atoms with van der Waals surface area (Å²) in [6.07, 6.45) is 3.21. The first-order valence-electron chi connectivity index (χ1n) is 8.98. The largest absolute Gasteiger partial charge is 0.491 e. The summed E-state index contributed by atoms with van der Waals surface area (Å²) in [6.45, 7) is 3.45. The standard InChI is InChI=1S/C21H23NO3/c1-15-12-16-6-2-3-10-20(16)22(15)21(23)17-7-4-8-18(13-17)25-14-19-9-5-11-24-19/h2-4,6-8,10,13,15,19H,5,9,11-12,14H2,1H3. The smallest absolute Gasteiger partial charge is 0.258 e. The maximum atomic E-state index is 13.1. The molecule has 1 fully saturated rings. The lowest BCUT2D eigenvalue weighted by Crippen LogP contribution is -2.35.